The van der Waals surface area contributed by atoms with Crippen LogP contribution < -0.4 is 4.74 Å². The summed E-state index contributed by atoms with van der Waals surface area (Å²) in [5.74, 6) is 6.85. The van der Waals surface area contributed by atoms with E-state index in [1.54, 1.807) is 12.1 Å². The summed E-state index contributed by atoms with van der Waals surface area (Å²) in [6.07, 6.45) is 0. The third-order valence-electron chi connectivity index (χ3n) is 2.64. The number of nitriles is 1. The highest BCUT2D eigenvalue weighted by Crippen LogP contribution is 2.14. The molecule has 2 aromatic rings. The molecule has 0 aromatic heterocycles. The molecule has 0 aliphatic carbocycles. The standard InChI is InChI=1S/C17H12ClNO/c18-11-1-2-14-7-9-17(10-8-14)20-13-16-5-3-15(12-19)4-6-16/h3-10H,11,13H2. The number of hydrogen-bond acceptors (Lipinski definition) is 2. The van der Waals surface area contributed by atoms with Crippen LogP contribution in [0.1, 0.15) is 16.7 Å². The molecule has 0 amide bonds. The Kier molecular flexibility index (Phi) is 5.07. The molecule has 0 saturated carbocycles. The van der Waals surface area contributed by atoms with Gasteiger partial charge >= 0.3 is 0 Å². The average molecular weight is 282 g/mol. The van der Waals surface area contributed by atoms with Gasteiger partial charge in [0.2, 0.25) is 0 Å². The van der Waals surface area contributed by atoms with Crippen molar-refractivity contribution in [2.45, 2.75) is 6.61 Å². The van der Waals surface area contributed by atoms with Crippen LogP contribution >= 0.6 is 11.6 Å². The van der Waals surface area contributed by atoms with E-state index in [0.29, 0.717) is 18.1 Å². The maximum Gasteiger partial charge on any atom is 0.119 e. The lowest BCUT2D eigenvalue weighted by molar-refractivity contribution is 0.306. The summed E-state index contributed by atoms with van der Waals surface area (Å²) in [5, 5.41) is 8.72. The molecule has 0 fully saturated rings. The van der Waals surface area contributed by atoms with Crippen molar-refractivity contribution < 1.29 is 4.74 Å². The third kappa shape index (κ3) is 4.05. The summed E-state index contributed by atoms with van der Waals surface area (Å²) in [6.45, 7) is 0.471. The van der Waals surface area contributed by atoms with Crippen molar-refractivity contribution in [3.63, 3.8) is 0 Å². The van der Waals surface area contributed by atoms with E-state index < -0.39 is 0 Å². The molecule has 2 rings (SSSR count). The van der Waals surface area contributed by atoms with E-state index in [1.807, 2.05) is 36.4 Å². The largest absolute Gasteiger partial charge is 0.489 e. The van der Waals surface area contributed by atoms with Crippen molar-refractivity contribution >= 4 is 11.6 Å². The van der Waals surface area contributed by atoms with Gasteiger partial charge in [-0.3, -0.25) is 0 Å². The number of nitrogens with zero attached hydrogens (tertiary/aromatic N) is 1. The van der Waals surface area contributed by atoms with Gasteiger partial charge in [0.1, 0.15) is 12.4 Å². The molecule has 0 radical (unpaired) electrons. The fraction of sp³-hybridized carbons (Fsp3) is 0.118. The Bertz CT molecular complexity index is 657. The number of halogens is 1. The molecule has 2 nitrogen and oxygen atoms in total. The Balaban J connectivity index is 1.95. The molecular formula is C17H12ClNO. The van der Waals surface area contributed by atoms with Gasteiger partial charge in [0.25, 0.3) is 0 Å². The van der Waals surface area contributed by atoms with Crippen LogP contribution in [0.25, 0.3) is 0 Å². The molecule has 0 aliphatic rings. The minimum Gasteiger partial charge on any atom is -0.489 e. The van der Waals surface area contributed by atoms with Crippen LogP contribution in [0.2, 0.25) is 0 Å². The Labute approximate surface area is 123 Å². The van der Waals surface area contributed by atoms with Crippen LogP contribution in [-0.4, -0.2) is 5.88 Å². The van der Waals surface area contributed by atoms with Gasteiger partial charge in [0.05, 0.1) is 17.5 Å². The second-order valence-electron chi connectivity index (χ2n) is 4.06. The monoisotopic (exact) mass is 281 g/mol. The Hall–Kier alpha value is -2.42. The number of hydrogen-bond donors (Lipinski definition) is 0. The van der Waals surface area contributed by atoms with Gasteiger partial charge in [-0.15, -0.1) is 11.6 Å². The van der Waals surface area contributed by atoms with Crippen molar-refractivity contribution in [1.82, 2.24) is 0 Å². The minimum absolute atomic E-state index is 0.330. The molecule has 98 valence electrons. The van der Waals surface area contributed by atoms with Gasteiger partial charge in [0, 0.05) is 5.56 Å². The molecule has 0 bridgehead atoms. The van der Waals surface area contributed by atoms with Crippen LogP contribution in [-0.2, 0) is 6.61 Å². The lowest BCUT2D eigenvalue weighted by atomic mass is 10.1. The van der Waals surface area contributed by atoms with Crippen molar-refractivity contribution in [3.05, 3.63) is 65.2 Å². The molecule has 20 heavy (non-hydrogen) atoms. The quantitative estimate of drug-likeness (QED) is 0.634. The summed E-state index contributed by atoms with van der Waals surface area (Å²) in [6, 6.07) is 17.0. The van der Waals surface area contributed by atoms with E-state index in [0.717, 1.165) is 16.9 Å². The highest BCUT2D eigenvalue weighted by atomic mass is 35.5. The summed E-state index contributed by atoms with van der Waals surface area (Å²) in [7, 11) is 0. The maximum atomic E-state index is 8.72. The van der Waals surface area contributed by atoms with E-state index in [-0.39, 0.29) is 0 Å². The summed E-state index contributed by atoms with van der Waals surface area (Å²) >= 11 is 5.50. The molecular weight excluding hydrogens is 270 g/mol. The van der Waals surface area contributed by atoms with Crippen LogP contribution in [0.3, 0.4) is 0 Å². The zero-order valence-corrected chi connectivity index (χ0v) is 11.5. The van der Waals surface area contributed by atoms with Crippen molar-refractivity contribution in [2.75, 3.05) is 5.88 Å². The number of benzene rings is 2. The topological polar surface area (TPSA) is 33.0 Å². The Morgan fingerprint density at radius 2 is 1.60 bits per heavy atom. The first-order valence-corrected chi connectivity index (χ1v) is 6.62. The molecule has 0 unspecified atom stereocenters. The van der Waals surface area contributed by atoms with E-state index in [9.17, 15) is 0 Å². The molecule has 0 saturated heterocycles. The van der Waals surface area contributed by atoms with E-state index in [2.05, 4.69) is 17.9 Å². The highest BCUT2D eigenvalue weighted by Gasteiger charge is 1.97. The van der Waals surface area contributed by atoms with Crippen LogP contribution in [0, 0.1) is 23.2 Å². The first kappa shape index (κ1) is 14.0. The van der Waals surface area contributed by atoms with Gasteiger partial charge < -0.3 is 4.74 Å². The molecule has 0 spiro atoms. The van der Waals surface area contributed by atoms with Gasteiger partial charge in [0.15, 0.2) is 0 Å². The predicted molar refractivity (Wildman–Crippen MR) is 79.5 cm³/mol. The number of ether oxygens (including phenoxy) is 1. The average Bonchev–Trinajstić information content (AvgIpc) is 2.52. The van der Waals surface area contributed by atoms with Crippen molar-refractivity contribution in [1.29, 1.82) is 5.26 Å². The minimum atomic E-state index is 0.330. The normalized spacial score (nSPS) is 9.20. The fourth-order valence-corrected chi connectivity index (χ4v) is 1.68. The summed E-state index contributed by atoms with van der Waals surface area (Å²) in [4.78, 5) is 0. The van der Waals surface area contributed by atoms with Gasteiger partial charge in [-0.1, -0.05) is 24.0 Å². The zero-order valence-electron chi connectivity index (χ0n) is 10.8. The Morgan fingerprint density at radius 1 is 0.950 bits per heavy atom. The van der Waals surface area contributed by atoms with E-state index in [1.165, 1.54) is 0 Å². The highest BCUT2D eigenvalue weighted by molar-refractivity contribution is 6.19. The van der Waals surface area contributed by atoms with Crippen LogP contribution in [0.4, 0.5) is 0 Å². The third-order valence-corrected chi connectivity index (χ3v) is 2.78. The second-order valence-corrected chi connectivity index (χ2v) is 4.32. The molecule has 0 heterocycles. The smallest absolute Gasteiger partial charge is 0.119 e. The molecule has 2 aromatic carbocycles. The molecule has 0 N–H and O–H groups in total. The van der Waals surface area contributed by atoms with Crippen LogP contribution in [0.5, 0.6) is 5.75 Å². The first-order chi connectivity index (χ1) is 9.81. The van der Waals surface area contributed by atoms with Gasteiger partial charge in [-0.25, -0.2) is 0 Å². The van der Waals surface area contributed by atoms with Gasteiger partial charge in [-0.2, -0.15) is 5.26 Å². The lowest BCUT2D eigenvalue weighted by Crippen LogP contribution is -1.95. The van der Waals surface area contributed by atoms with Crippen LogP contribution in [0.15, 0.2) is 48.5 Å². The second kappa shape index (κ2) is 7.24. The van der Waals surface area contributed by atoms with E-state index in [4.69, 9.17) is 21.6 Å². The summed E-state index contributed by atoms with van der Waals surface area (Å²) in [5.41, 5.74) is 2.59. The SMILES string of the molecule is N#Cc1ccc(COc2ccc(C#CCCl)cc2)cc1. The lowest BCUT2D eigenvalue weighted by Gasteiger charge is -2.06. The molecule has 0 aliphatic heterocycles. The predicted octanol–water partition coefficient (Wildman–Crippen LogP) is 3.73. The van der Waals surface area contributed by atoms with E-state index >= 15 is 0 Å². The van der Waals surface area contributed by atoms with Crippen molar-refractivity contribution in [2.24, 2.45) is 0 Å². The number of alkyl halides is 1. The Morgan fingerprint density at radius 3 is 2.20 bits per heavy atom. The molecule has 3 heteroatoms. The van der Waals surface area contributed by atoms with Crippen molar-refractivity contribution in [3.8, 4) is 23.7 Å². The number of rotatable bonds is 3. The van der Waals surface area contributed by atoms with Gasteiger partial charge in [-0.05, 0) is 42.0 Å². The molecule has 0 atom stereocenters. The zero-order chi connectivity index (χ0) is 14.2. The maximum absolute atomic E-state index is 8.72. The summed E-state index contributed by atoms with van der Waals surface area (Å²) < 4.78 is 5.67. The fourth-order valence-electron chi connectivity index (χ4n) is 1.61. The first-order valence-electron chi connectivity index (χ1n) is 6.08.